The van der Waals surface area contributed by atoms with Crippen molar-refractivity contribution >= 4 is 44.5 Å². The molecular weight excluding hydrogens is 374 g/mol. The number of benzene rings is 3. The zero-order chi connectivity index (χ0) is 19.7. The van der Waals surface area contributed by atoms with Gasteiger partial charge in [0.25, 0.3) is 5.91 Å². The first-order chi connectivity index (χ1) is 13.6. The van der Waals surface area contributed by atoms with Crippen molar-refractivity contribution in [3.63, 3.8) is 0 Å². The first kappa shape index (κ1) is 18.0. The Morgan fingerprint density at radius 3 is 2.50 bits per heavy atom. The van der Waals surface area contributed by atoms with Gasteiger partial charge in [0.1, 0.15) is 0 Å². The largest absolute Gasteiger partial charge is 0.493 e. The van der Waals surface area contributed by atoms with Crippen LogP contribution in [0.4, 0.5) is 5.69 Å². The number of hydrogen-bond acceptors (Lipinski definition) is 5. The molecule has 6 heteroatoms. The van der Waals surface area contributed by atoms with Gasteiger partial charge in [0, 0.05) is 11.1 Å². The molecule has 0 unspecified atom stereocenters. The summed E-state index contributed by atoms with van der Waals surface area (Å²) in [4.78, 5) is 25.9. The number of fused-ring (bicyclic) bond motifs is 2. The van der Waals surface area contributed by atoms with E-state index in [1.807, 2.05) is 42.5 Å². The van der Waals surface area contributed by atoms with Crippen molar-refractivity contribution in [2.24, 2.45) is 0 Å². The van der Waals surface area contributed by atoms with Crippen molar-refractivity contribution in [3.05, 3.63) is 75.1 Å². The van der Waals surface area contributed by atoms with E-state index < -0.39 is 0 Å². The van der Waals surface area contributed by atoms with E-state index in [9.17, 15) is 9.59 Å². The highest BCUT2D eigenvalue weighted by molar-refractivity contribution is 7.12. The lowest BCUT2D eigenvalue weighted by atomic mass is 10.1. The molecule has 0 saturated heterocycles. The molecule has 1 amide bonds. The van der Waals surface area contributed by atoms with E-state index in [2.05, 4.69) is 5.32 Å². The highest BCUT2D eigenvalue weighted by Crippen LogP contribution is 2.34. The third-order valence-corrected chi connectivity index (χ3v) is 5.45. The molecule has 140 valence electrons. The third kappa shape index (κ3) is 3.08. The molecule has 3 aromatic carbocycles. The number of carbonyl (C=O) groups is 1. The average Bonchev–Trinajstić information content (AvgIpc) is 2.73. The fourth-order valence-corrected chi connectivity index (χ4v) is 4.07. The van der Waals surface area contributed by atoms with Crippen molar-refractivity contribution in [2.45, 2.75) is 0 Å². The molecule has 0 aliphatic carbocycles. The molecule has 0 saturated carbocycles. The lowest BCUT2D eigenvalue weighted by Gasteiger charge is -2.11. The van der Waals surface area contributed by atoms with Gasteiger partial charge in [0.15, 0.2) is 11.5 Å². The van der Waals surface area contributed by atoms with Crippen molar-refractivity contribution in [3.8, 4) is 11.5 Å². The number of anilines is 1. The Balaban J connectivity index is 1.77. The zero-order valence-electron chi connectivity index (χ0n) is 15.3. The van der Waals surface area contributed by atoms with E-state index in [0.717, 1.165) is 22.1 Å². The van der Waals surface area contributed by atoms with Crippen LogP contribution < -0.4 is 19.5 Å². The molecule has 4 aromatic rings. The summed E-state index contributed by atoms with van der Waals surface area (Å²) in [6.45, 7) is 0. The number of ether oxygens (including phenoxy) is 2. The molecule has 1 aromatic heterocycles. The number of rotatable bonds is 4. The lowest BCUT2D eigenvalue weighted by molar-refractivity contribution is 0.103. The molecule has 1 heterocycles. The number of nitrogens with one attached hydrogen (secondary N) is 1. The molecule has 4 rings (SSSR count). The van der Waals surface area contributed by atoms with Crippen molar-refractivity contribution < 1.29 is 14.3 Å². The second-order valence-corrected chi connectivity index (χ2v) is 7.16. The Kier molecular flexibility index (Phi) is 4.71. The monoisotopic (exact) mass is 391 g/mol. The molecule has 5 nitrogen and oxygen atoms in total. The van der Waals surface area contributed by atoms with E-state index >= 15 is 0 Å². The first-order valence-electron chi connectivity index (χ1n) is 8.60. The molecule has 0 radical (unpaired) electrons. The average molecular weight is 391 g/mol. The van der Waals surface area contributed by atoms with Crippen LogP contribution in [-0.2, 0) is 0 Å². The standard InChI is InChI=1S/C22H17NO4S/c1-26-17-11-10-14-12-18(28-22(25)19(14)20(17)27-2)21(24)23-16-9-5-7-13-6-3-4-8-15(13)16/h3-12H,1-2H3,(H,23,24). The molecule has 0 fully saturated rings. The molecule has 0 atom stereocenters. The molecule has 1 N–H and O–H groups in total. The Morgan fingerprint density at radius 2 is 1.71 bits per heavy atom. The number of amides is 1. The molecule has 0 aliphatic heterocycles. The smallest absolute Gasteiger partial charge is 0.265 e. The maximum atomic E-state index is 12.8. The molecule has 0 bridgehead atoms. The van der Waals surface area contributed by atoms with E-state index in [-0.39, 0.29) is 10.6 Å². The summed E-state index contributed by atoms with van der Waals surface area (Å²) in [7, 11) is 3.01. The van der Waals surface area contributed by atoms with E-state index in [4.69, 9.17) is 9.47 Å². The minimum atomic E-state index is -0.324. The van der Waals surface area contributed by atoms with Crippen LogP contribution in [0.1, 0.15) is 9.67 Å². The second-order valence-electron chi connectivity index (χ2n) is 6.14. The minimum absolute atomic E-state index is 0.253. The second kappa shape index (κ2) is 7.32. The van der Waals surface area contributed by atoms with Gasteiger partial charge in [-0.05, 0) is 29.0 Å². The molecular formula is C22H17NO4S. The summed E-state index contributed by atoms with van der Waals surface area (Å²) in [5, 5.41) is 5.93. The molecule has 0 spiro atoms. The van der Waals surface area contributed by atoms with Crippen molar-refractivity contribution in [1.82, 2.24) is 0 Å². The summed E-state index contributed by atoms with van der Waals surface area (Å²) in [6, 6.07) is 18.7. The van der Waals surface area contributed by atoms with Gasteiger partial charge < -0.3 is 14.8 Å². The lowest BCUT2D eigenvalue weighted by Crippen LogP contribution is -2.13. The molecule has 28 heavy (non-hydrogen) atoms. The van der Waals surface area contributed by atoms with Gasteiger partial charge in [-0.15, -0.1) is 0 Å². The van der Waals surface area contributed by atoms with Gasteiger partial charge in [0.2, 0.25) is 4.74 Å². The predicted molar refractivity (Wildman–Crippen MR) is 113 cm³/mol. The quantitative estimate of drug-likeness (QED) is 0.548. The van der Waals surface area contributed by atoms with Gasteiger partial charge in [-0.2, -0.15) is 0 Å². The Morgan fingerprint density at radius 1 is 0.929 bits per heavy atom. The van der Waals surface area contributed by atoms with Crippen LogP contribution in [0.2, 0.25) is 0 Å². The van der Waals surface area contributed by atoms with Crippen LogP contribution >= 0.6 is 11.3 Å². The Labute approximate surface area is 165 Å². The highest BCUT2D eigenvalue weighted by Gasteiger charge is 2.17. The van der Waals surface area contributed by atoms with Gasteiger partial charge in [-0.25, -0.2) is 0 Å². The topological polar surface area (TPSA) is 64.6 Å². The van der Waals surface area contributed by atoms with Crippen molar-refractivity contribution in [1.29, 1.82) is 0 Å². The van der Waals surface area contributed by atoms with E-state index in [1.165, 1.54) is 14.2 Å². The summed E-state index contributed by atoms with van der Waals surface area (Å²) >= 11 is 0.885. The van der Waals surface area contributed by atoms with Crippen LogP contribution in [-0.4, -0.2) is 20.1 Å². The summed E-state index contributed by atoms with van der Waals surface area (Å²) in [6.07, 6.45) is 0. The summed E-state index contributed by atoms with van der Waals surface area (Å²) < 4.78 is 10.4. The maximum absolute atomic E-state index is 12.8. The van der Waals surface area contributed by atoms with Crippen LogP contribution in [0.3, 0.4) is 0 Å². The maximum Gasteiger partial charge on any atom is 0.265 e. The third-order valence-electron chi connectivity index (χ3n) is 4.53. The molecule has 0 aliphatic rings. The van der Waals surface area contributed by atoms with E-state index in [1.54, 1.807) is 18.2 Å². The normalized spacial score (nSPS) is 10.8. The SMILES string of the molecule is COc1ccc2cc(C(=O)Nc3cccc4ccccc34)sc(=O)c2c1OC. The predicted octanol–water partition coefficient (Wildman–Crippen LogP) is 4.68. The van der Waals surface area contributed by atoms with Crippen LogP contribution in [0, 0.1) is 0 Å². The van der Waals surface area contributed by atoms with Crippen molar-refractivity contribution in [2.75, 3.05) is 19.5 Å². The summed E-state index contributed by atoms with van der Waals surface area (Å²) in [5.41, 5.74) is 0.704. The van der Waals surface area contributed by atoms with Gasteiger partial charge in [-0.1, -0.05) is 53.8 Å². The number of hydrogen-bond donors (Lipinski definition) is 1. The number of methoxy groups -OCH3 is 2. The van der Waals surface area contributed by atoms with Crippen LogP contribution in [0.15, 0.2) is 65.5 Å². The van der Waals surface area contributed by atoms with Crippen LogP contribution in [0.5, 0.6) is 11.5 Å². The Bertz CT molecular complexity index is 1260. The fourth-order valence-electron chi connectivity index (χ4n) is 3.22. The first-order valence-corrected chi connectivity index (χ1v) is 9.42. The Hall–Kier alpha value is -3.38. The highest BCUT2D eigenvalue weighted by atomic mass is 32.1. The van der Waals surface area contributed by atoms with Gasteiger partial charge >= 0.3 is 0 Å². The van der Waals surface area contributed by atoms with E-state index in [0.29, 0.717) is 32.8 Å². The fraction of sp³-hybridized carbons (Fsp3) is 0.0909. The summed E-state index contributed by atoms with van der Waals surface area (Å²) in [5.74, 6) is 0.532. The van der Waals surface area contributed by atoms with Gasteiger partial charge in [0.05, 0.1) is 24.5 Å². The number of carbonyl (C=O) groups excluding carboxylic acids is 1. The minimum Gasteiger partial charge on any atom is -0.493 e. The zero-order valence-corrected chi connectivity index (χ0v) is 16.1. The van der Waals surface area contributed by atoms with Crippen LogP contribution in [0.25, 0.3) is 21.5 Å². The van der Waals surface area contributed by atoms with Gasteiger partial charge in [-0.3, -0.25) is 9.59 Å².